The van der Waals surface area contributed by atoms with Gasteiger partial charge in [-0.3, -0.25) is 14.6 Å². The molecule has 6 nitrogen and oxygen atoms in total. The van der Waals surface area contributed by atoms with Crippen molar-refractivity contribution in [3.05, 3.63) is 90.3 Å². The minimum absolute atomic E-state index is 0.204. The number of carboxylic acids is 1. The molecule has 1 aromatic carbocycles. The lowest BCUT2D eigenvalue weighted by atomic mass is 10.1. The molecule has 0 aliphatic carbocycles. The minimum Gasteiger partial charge on any atom is -0.481 e. The highest BCUT2D eigenvalue weighted by atomic mass is 19.4. The van der Waals surface area contributed by atoms with Gasteiger partial charge in [-0.05, 0) is 24.3 Å². The summed E-state index contributed by atoms with van der Waals surface area (Å²) in [5.41, 5.74) is -0.539. The first-order chi connectivity index (χ1) is 14.7. The van der Waals surface area contributed by atoms with Crippen molar-refractivity contribution in [2.45, 2.75) is 12.6 Å². The number of carbonyl (C=O) groups is 2. The third-order valence-electron chi connectivity index (χ3n) is 4.25. The summed E-state index contributed by atoms with van der Waals surface area (Å²) in [6.45, 7) is 3.60. The van der Waals surface area contributed by atoms with Gasteiger partial charge < -0.3 is 5.11 Å². The van der Waals surface area contributed by atoms with E-state index < -0.39 is 29.2 Å². The van der Waals surface area contributed by atoms with E-state index in [-0.39, 0.29) is 23.1 Å². The predicted molar refractivity (Wildman–Crippen MR) is 108 cm³/mol. The molecule has 9 heteroatoms. The molecule has 0 radical (unpaired) electrons. The van der Waals surface area contributed by atoms with Crippen molar-refractivity contribution >= 4 is 28.5 Å². The van der Waals surface area contributed by atoms with Crippen LogP contribution in [0.5, 0.6) is 0 Å². The quantitative estimate of drug-likeness (QED) is 0.575. The fourth-order valence-electron chi connectivity index (χ4n) is 2.96. The van der Waals surface area contributed by atoms with Gasteiger partial charge in [-0.15, -0.1) is 0 Å². The summed E-state index contributed by atoms with van der Waals surface area (Å²) in [6.07, 6.45) is 2.32. The Morgan fingerprint density at radius 1 is 1.16 bits per heavy atom. The second-order valence-corrected chi connectivity index (χ2v) is 6.34. The van der Waals surface area contributed by atoms with Crippen LogP contribution in [0.1, 0.15) is 28.0 Å². The number of benzene rings is 1. The van der Waals surface area contributed by atoms with Gasteiger partial charge in [0.15, 0.2) is 0 Å². The van der Waals surface area contributed by atoms with Crippen LogP contribution in [0.25, 0.3) is 16.6 Å². The van der Waals surface area contributed by atoms with Gasteiger partial charge in [0.25, 0.3) is 5.91 Å². The Bertz CT molecular complexity index is 1220. The number of hydrogen-bond acceptors (Lipinski definition) is 4. The fraction of sp³-hybridized carbons (Fsp3) is 0.0909. The van der Waals surface area contributed by atoms with Crippen LogP contribution in [0.2, 0.25) is 0 Å². The lowest BCUT2D eigenvalue weighted by Gasteiger charge is -2.11. The fourth-order valence-corrected chi connectivity index (χ4v) is 2.96. The van der Waals surface area contributed by atoms with Crippen molar-refractivity contribution in [1.29, 1.82) is 0 Å². The second kappa shape index (κ2) is 8.78. The van der Waals surface area contributed by atoms with Crippen molar-refractivity contribution in [3.63, 3.8) is 0 Å². The molecule has 31 heavy (non-hydrogen) atoms. The van der Waals surface area contributed by atoms with E-state index in [1.54, 1.807) is 0 Å². The number of aromatic nitrogens is 3. The summed E-state index contributed by atoms with van der Waals surface area (Å²) in [7, 11) is 0. The van der Waals surface area contributed by atoms with Gasteiger partial charge in [-0.25, -0.2) is 0 Å². The first kappa shape index (κ1) is 21.7. The third-order valence-corrected chi connectivity index (χ3v) is 4.25. The molecular formula is C22H16F3N3O3. The molecule has 2 heterocycles. The minimum atomic E-state index is -4.72. The molecule has 0 amide bonds. The van der Waals surface area contributed by atoms with Crippen LogP contribution in [0.15, 0.2) is 73.5 Å². The van der Waals surface area contributed by atoms with Crippen LogP contribution in [0.4, 0.5) is 13.2 Å². The summed E-state index contributed by atoms with van der Waals surface area (Å²) < 4.78 is 41.1. The molecule has 2 aromatic heterocycles. The summed E-state index contributed by atoms with van der Waals surface area (Å²) in [5.74, 6) is -2.01. The average molecular weight is 427 g/mol. The molecule has 0 aliphatic heterocycles. The van der Waals surface area contributed by atoms with Crippen LogP contribution >= 0.6 is 0 Å². The van der Waals surface area contributed by atoms with Gasteiger partial charge in [-0.2, -0.15) is 23.0 Å². The van der Waals surface area contributed by atoms with E-state index in [9.17, 15) is 22.8 Å². The Hall–Kier alpha value is -4.01. The zero-order valence-corrected chi connectivity index (χ0v) is 16.0. The number of aliphatic carboxylic acids is 1. The Labute approximate surface area is 174 Å². The van der Waals surface area contributed by atoms with Gasteiger partial charge in [0.05, 0.1) is 23.1 Å². The first-order valence-corrected chi connectivity index (χ1v) is 9.00. The van der Waals surface area contributed by atoms with E-state index in [0.717, 1.165) is 16.8 Å². The average Bonchev–Trinajstić information content (AvgIpc) is 3.11. The van der Waals surface area contributed by atoms with E-state index in [1.165, 1.54) is 54.8 Å². The van der Waals surface area contributed by atoms with Crippen molar-refractivity contribution < 1.29 is 27.9 Å². The highest BCUT2D eigenvalue weighted by Gasteiger charge is 2.35. The van der Waals surface area contributed by atoms with Crippen LogP contribution in [0.3, 0.4) is 0 Å². The SMILES string of the molecule is C=C/C=C(\C=C/CC(=O)O)c1nn(C(=O)c2ccccc2C(F)(F)F)c2cccnc12. The van der Waals surface area contributed by atoms with Crippen molar-refractivity contribution in [3.8, 4) is 0 Å². The Kier molecular flexibility index (Phi) is 6.15. The molecular weight excluding hydrogens is 411 g/mol. The second-order valence-electron chi connectivity index (χ2n) is 6.34. The molecule has 0 fully saturated rings. The predicted octanol–water partition coefficient (Wildman–Crippen LogP) is 4.74. The number of fused-ring (bicyclic) bond motifs is 1. The number of nitrogens with zero attached hydrogens (tertiary/aromatic N) is 3. The number of rotatable bonds is 6. The summed E-state index contributed by atoms with van der Waals surface area (Å²) in [6, 6.07) is 7.50. The zero-order chi connectivity index (χ0) is 22.6. The Balaban J connectivity index is 2.18. The van der Waals surface area contributed by atoms with Crippen molar-refractivity contribution in [1.82, 2.24) is 14.8 Å². The van der Waals surface area contributed by atoms with Crippen LogP contribution in [-0.4, -0.2) is 31.7 Å². The number of halogens is 3. The van der Waals surface area contributed by atoms with E-state index in [2.05, 4.69) is 16.7 Å². The number of carboxylic acid groups (broad SMARTS) is 1. The van der Waals surface area contributed by atoms with Gasteiger partial charge in [-0.1, -0.05) is 43.0 Å². The van der Waals surface area contributed by atoms with Crippen LogP contribution < -0.4 is 0 Å². The number of carbonyl (C=O) groups excluding carboxylic acids is 1. The normalized spacial score (nSPS) is 12.4. The molecule has 0 saturated carbocycles. The van der Waals surface area contributed by atoms with E-state index >= 15 is 0 Å². The summed E-state index contributed by atoms with van der Waals surface area (Å²) >= 11 is 0. The molecule has 1 N–H and O–H groups in total. The maximum atomic E-state index is 13.4. The Morgan fingerprint density at radius 3 is 2.58 bits per heavy atom. The largest absolute Gasteiger partial charge is 0.481 e. The zero-order valence-electron chi connectivity index (χ0n) is 16.0. The molecule has 0 bridgehead atoms. The van der Waals surface area contributed by atoms with E-state index in [4.69, 9.17) is 5.11 Å². The molecule has 3 rings (SSSR count). The topological polar surface area (TPSA) is 85.1 Å². The number of allylic oxidation sites excluding steroid dienone is 4. The smallest absolute Gasteiger partial charge is 0.417 e. The highest BCUT2D eigenvalue weighted by molar-refractivity contribution is 6.03. The monoisotopic (exact) mass is 427 g/mol. The summed E-state index contributed by atoms with van der Waals surface area (Å²) in [5, 5.41) is 13.1. The number of hydrogen-bond donors (Lipinski definition) is 1. The third kappa shape index (κ3) is 4.61. The standard InChI is InChI=1S/C22H16F3N3O3/c1-2-7-14(8-5-12-18(29)30)19-20-17(11-6-13-26-20)28(27-19)21(31)15-9-3-4-10-16(15)22(23,24)25/h2-11,13H,1,12H2,(H,29,30)/b8-5-,14-7+. The molecule has 0 unspecified atom stereocenters. The van der Waals surface area contributed by atoms with E-state index in [0.29, 0.717) is 5.57 Å². The lowest BCUT2D eigenvalue weighted by molar-refractivity contribution is -0.138. The van der Waals surface area contributed by atoms with Gasteiger partial charge in [0.2, 0.25) is 0 Å². The van der Waals surface area contributed by atoms with E-state index in [1.807, 2.05) is 0 Å². The van der Waals surface area contributed by atoms with Crippen LogP contribution in [0, 0.1) is 0 Å². The maximum Gasteiger partial charge on any atom is 0.417 e. The lowest BCUT2D eigenvalue weighted by Crippen LogP contribution is -2.19. The maximum absolute atomic E-state index is 13.4. The molecule has 3 aromatic rings. The number of pyridine rings is 1. The molecule has 0 atom stereocenters. The molecule has 158 valence electrons. The van der Waals surface area contributed by atoms with Crippen molar-refractivity contribution in [2.24, 2.45) is 0 Å². The molecule has 0 saturated heterocycles. The van der Waals surface area contributed by atoms with Crippen LogP contribution in [-0.2, 0) is 11.0 Å². The molecule has 0 aliphatic rings. The number of alkyl halides is 3. The Morgan fingerprint density at radius 2 is 1.90 bits per heavy atom. The van der Waals surface area contributed by atoms with Gasteiger partial charge in [0, 0.05) is 11.8 Å². The van der Waals surface area contributed by atoms with Crippen molar-refractivity contribution in [2.75, 3.05) is 0 Å². The van der Waals surface area contributed by atoms with Gasteiger partial charge >= 0.3 is 12.1 Å². The first-order valence-electron chi connectivity index (χ1n) is 9.00. The molecule has 0 spiro atoms. The highest BCUT2D eigenvalue weighted by Crippen LogP contribution is 2.33. The summed E-state index contributed by atoms with van der Waals surface area (Å²) in [4.78, 5) is 28.1. The van der Waals surface area contributed by atoms with Gasteiger partial charge in [0.1, 0.15) is 11.2 Å².